The molecule has 1 aromatic rings. The van der Waals surface area contributed by atoms with Gasteiger partial charge in [-0.1, -0.05) is 0 Å². The molecule has 15 heteroatoms. The van der Waals surface area contributed by atoms with Gasteiger partial charge in [-0.15, -0.1) is 0 Å². The first kappa shape index (κ1) is 28.2. The van der Waals surface area contributed by atoms with Crippen LogP contribution in [0, 0.1) is 5.92 Å². The van der Waals surface area contributed by atoms with Crippen molar-refractivity contribution in [2.75, 3.05) is 13.2 Å². The lowest BCUT2D eigenvalue weighted by Gasteiger charge is -2.35. The number of phosphoric ester groups is 1. The summed E-state index contributed by atoms with van der Waals surface area (Å²) in [7, 11) is -4.18. The maximum atomic E-state index is 13.2. The Labute approximate surface area is 206 Å². The maximum Gasteiger partial charge on any atom is 0.475 e. The van der Waals surface area contributed by atoms with E-state index in [0.717, 1.165) is 10.6 Å². The molecular weight excluding hydrogens is 501 g/mol. The Kier molecular flexibility index (Phi) is 8.59. The van der Waals surface area contributed by atoms with E-state index in [0.29, 0.717) is 0 Å². The van der Waals surface area contributed by atoms with Crippen LogP contribution in [0.5, 0.6) is 0 Å². The lowest BCUT2D eigenvalue weighted by molar-refractivity contribution is -0.167. The van der Waals surface area contributed by atoms with Gasteiger partial charge in [0.1, 0.15) is 12.2 Å². The molecule has 2 aliphatic rings. The molecule has 0 spiro atoms. The minimum absolute atomic E-state index is 0.201. The standard InChI is InChI=1S/C21H32N3O11P/c1-11(2)32-17(26)13(18(27)33-12(3)4)7-9-30-36(29)31-10-14-16(35-36)21(5,22)19(34-14)24-8-6-15(25)23-20(24)28/h6,8,11-14,16,19H,7,9-10,22H2,1-5H3,(H,23,25,28)/t14-,16-,19-,21-,36+/m1/s1. The second-order valence-electron chi connectivity index (χ2n) is 9.33. The normalized spacial score (nSPS) is 30.0. The molecule has 2 fully saturated rings. The summed E-state index contributed by atoms with van der Waals surface area (Å²) >= 11 is 0. The first-order chi connectivity index (χ1) is 16.7. The van der Waals surface area contributed by atoms with E-state index in [2.05, 4.69) is 4.98 Å². The van der Waals surface area contributed by atoms with Crippen molar-refractivity contribution in [3.05, 3.63) is 33.1 Å². The summed E-state index contributed by atoms with van der Waals surface area (Å²) in [6.07, 6.45) is -2.74. The SMILES string of the molecule is CC(C)OC(=O)C(CCO[P@@]1(=O)OC[C@H]2O[C@@H](n3ccc(=O)[nH]c3=O)[C@](C)(N)[C@@H]2O1)C(=O)OC(C)C. The molecule has 0 aliphatic carbocycles. The summed E-state index contributed by atoms with van der Waals surface area (Å²) in [6.45, 7) is 7.51. The number of carbonyl (C=O) groups excluding carboxylic acids is 2. The Morgan fingerprint density at radius 3 is 2.39 bits per heavy atom. The Morgan fingerprint density at radius 2 is 1.83 bits per heavy atom. The van der Waals surface area contributed by atoms with E-state index in [-0.39, 0.29) is 19.6 Å². The van der Waals surface area contributed by atoms with Gasteiger partial charge in [0.25, 0.3) is 5.56 Å². The Balaban J connectivity index is 1.68. The van der Waals surface area contributed by atoms with Crippen molar-refractivity contribution in [2.24, 2.45) is 11.7 Å². The lowest BCUT2D eigenvalue weighted by Crippen LogP contribution is -2.55. The van der Waals surface area contributed by atoms with Crippen molar-refractivity contribution in [3.8, 4) is 0 Å². The summed E-state index contributed by atoms with van der Waals surface area (Å²) in [5.74, 6) is -2.89. The fourth-order valence-corrected chi connectivity index (χ4v) is 5.35. The molecule has 0 aromatic carbocycles. The van der Waals surface area contributed by atoms with Gasteiger partial charge < -0.3 is 19.9 Å². The van der Waals surface area contributed by atoms with Crippen molar-refractivity contribution < 1.29 is 41.9 Å². The number of aromatic amines is 1. The Hall–Kier alpha value is -2.35. The molecule has 3 heterocycles. The van der Waals surface area contributed by atoms with E-state index in [1.165, 1.54) is 13.1 Å². The molecule has 202 valence electrons. The van der Waals surface area contributed by atoms with Gasteiger partial charge in [0.2, 0.25) is 0 Å². The number of phosphoric acid groups is 1. The number of ether oxygens (including phenoxy) is 3. The first-order valence-corrected chi connectivity index (χ1v) is 12.9. The third kappa shape index (κ3) is 6.31. The number of rotatable bonds is 9. The number of esters is 2. The number of fused-ring (bicyclic) bond motifs is 1. The summed E-state index contributed by atoms with van der Waals surface area (Å²) in [5.41, 5.74) is 3.73. The Bertz CT molecular complexity index is 1110. The van der Waals surface area contributed by atoms with Gasteiger partial charge in [0.15, 0.2) is 12.1 Å². The van der Waals surface area contributed by atoms with Gasteiger partial charge in [-0.05, 0) is 41.0 Å². The van der Waals surface area contributed by atoms with Crippen LogP contribution in [0.1, 0.15) is 47.3 Å². The Morgan fingerprint density at radius 1 is 1.22 bits per heavy atom. The van der Waals surface area contributed by atoms with Gasteiger partial charge in [0, 0.05) is 12.3 Å². The van der Waals surface area contributed by atoms with Crippen LogP contribution in [-0.4, -0.2) is 64.7 Å². The second-order valence-corrected chi connectivity index (χ2v) is 10.9. The summed E-state index contributed by atoms with van der Waals surface area (Å²) in [4.78, 5) is 50.6. The molecule has 36 heavy (non-hydrogen) atoms. The molecule has 14 nitrogen and oxygen atoms in total. The molecule has 0 radical (unpaired) electrons. The summed E-state index contributed by atoms with van der Waals surface area (Å²) < 4.78 is 46.6. The van der Waals surface area contributed by atoms with Crippen LogP contribution in [0.3, 0.4) is 0 Å². The zero-order valence-corrected chi connectivity index (χ0v) is 21.6. The smallest absolute Gasteiger partial charge is 0.462 e. The number of hydrogen-bond donors (Lipinski definition) is 2. The molecule has 0 saturated carbocycles. The molecule has 2 aliphatic heterocycles. The molecule has 1 aromatic heterocycles. The van der Waals surface area contributed by atoms with Crippen molar-refractivity contribution in [1.29, 1.82) is 0 Å². The van der Waals surface area contributed by atoms with Gasteiger partial charge >= 0.3 is 25.5 Å². The third-order valence-electron chi connectivity index (χ3n) is 5.46. The fraction of sp³-hybridized carbons (Fsp3) is 0.714. The van der Waals surface area contributed by atoms with Gasteiger partial charge in [-0.2, -0.15) is 0 Å². The van der Waals surface area contributed by atoms with Crippen molar-refractivity contribution in [2.45, 2.75) is 77.2 Å². The van der Waals surface area contributed by atoms with Crippen LogP contribution in [0.15, 0.2) is 21.9 Å². The molecule has 5 atom stereocenters. The van der Waals surface area contributed by atoms with Crippen LogP contribution >= 0.6 is 7.82 Å². The molecular formula is C21H32N3O11P. The van der Waals surface area contributed by atoms with E-state index in [9.17, 15) is 23.7 Å². The highest BCUT2D eigenvalue weighted by Gasteiger charge is 2.59. The number of aromatic nitrogens is 2. The minimum atomic E-state index is -4.18. The number of hydrogen-bond acceptors (Lipinski definition) is 12. The van der Waals surface area contributed by atoms with E-state index in [1.54, 1.807) is 27.7 Å². The molecule has 0 bridgehead atoms. The van der Waals surface area contributed by atoms with Crippen molar-refractivity contribution in [1.82, 2.24) is 9.55 Å². The molecule has 0 amide bonds. The topological polar surface area (TPSA) is 187 Å². The number of nitrogens with one attached hydrogen (secondary N) is 1. The van der Waals surface area contributed by atoms with Gasteiger partial charge in [-0.3, -0.25) is 37.5 Å². The second kappa shape index (κ2) is 11.0. The fourth-order valence-electron chi connectivity index (χ4n) is 3.86. The quantitative estimate of drug-likeness (QED) is 0.256. The van der Waals surface area contributed by atoms with Crippen molar-refractivity contribution >= 4 is 19.8 Å². The van der Waals surface area contributed by atoms with E-state index in [4.69, 9.17) is 33.5 Å². The third-order valence-corrected chi connectivity index (χ3v) is 6.91. The lowest BCUT2D eigenvalue weighted by atomic mass is 9.93. The highest BCUT2D eigenvalue weighted by molar-refractivity contribution is 7.48. The highest BCUT2D eigenvalue weighted by Crippen LogP contribution is 2.58. The van der Waals surface area contributed by atoms with Crippen LogP contribution in [0.25, 0.3) is 0 Å². The zero-order chi connectivity index (χ0) is 26.8. The monoisotopic (exact) mass is 533 g/mol. The van der Waals surface area contributed by atoms with Crippen LogP contribution in [0.4, 0.5) is 0 Å². The number of nitrogens with two attached hydrogens (primary N) is 1. The minimum Gasteiger partial charge on any atom is -0.462 e. The highest BCUT2D eigenvalue weighted by atomic mass is 31.2. The number of nitrogens with zero attached hydrogens (tertiary/aromatic N) is 1. The summed E-state index contributed by atoms with van der Waals surface area (Å²) in [5, 5.41) is 0. The van der Waals surface area contributed by atoms with Gasteiger partial charge in [0.05, 0.1) is 31.0 Å². The molecule has 2 saturated heterocycles. The predicted molar refractivity (Wildman–Crippen MR) is 123 cm³/mol. The summed E-state index contributed by atoms with van der Waals surface area (Å²) in [6, 6.07) is 1.14. The zero-order valence-electron chi connectivity index (χ0n) is 20.7. The predicted octanol–water partition coefficient (Wildman–Crippen LogP) is 0.601. The molecule has 3 N–H and O–H groups in total. The largest absolute Gasteiger partial charge is 0.475 e. The van der Waals surface area contributed by atoms with Crippen LogP contribution in [0.2, 0.25) is 0 Å². The first-order valence-electron chi connectivity index (χ1n) is 11.5. The average Bonchev–Trinajstić information content (AvgIpc) is 3.00. The van der Waals surface area contributed by atoms with E-state index >= 15 is 0 Å². The molecule has 3 rings (SSSR count). The van der Waals surface area contributed by atoms with E-state index < -0.39 is 73.1 Å². The number of H-pyrrole nitrogens is 1. The van der Waals surface area contributed by atoms with Crippen LogP contribution < -0.4 is 17.0 Å². The van der Waals surface area contributed by atoms with Gasteiger partial charge in [-0.25, -0.2) is 9.36 Å². The maximum absolute atomic E-state index is 13.2. The number of carbonyl (C=O) groups is 2. The molecule has 0 unspecified atom stereocenters. The van der Waals surface area contributed by atoms with Crippen molar-refractivity contribution in [3.63, 3.8) is 0 Å². The van der Waals surface area contributed by atoms with Crippen LogP contribution in [-0.2, 0) is 41.9 Å². The van der Waals surface area contributed by atoms with E-state index in [1.807, 2.05) is 0 Å². The average molecular weight is 533 g/mol.